The first-order valence-electron chi connectivity index (χ1n) is 4.93. The molecule has 0 bridgehead atoms. The highest BCUT2D eigenvalue weighted by Gasteiger charge is 2.16. The van der Waals surface area contributed by atoms with Gasteiger partial charge in [-0.1, -0.05) is 0 Å². The molecule has 1 aliphatic heterocycles. The van der Waals surface area contributed by atoms with E-state index in [1.807, 2.05) is 0 Å². The van der Waals surface area contributed by atoms with Crippen molar-refractivity contribution in [2.75, 3.05) is 27.2 Å². The van der Waals surface area contributed by atoms with Crippen molar-refractivity contribution in [3.63, 3.8) is 0 Å². The minimum atomic E-state index is -3.23. The lowest BCUT2D eigenvalue weighted by atomic mass is 10.2. The molecule has 14 heavy (non-hydrogen) atoms. The molecule has 1 aliphatic rings. The van der Waals surface area contributed by atoms with Crippen LogP contribution in [0.5, 0.6) is 0 Å². The van der Waals surface area contributed by atoms with Crippen LogP contribution in [0.15, 0.2) is 0 Å². The highest BCUT2D eigenvalue weighted by Crippen LogP contribution is 2.07. The summed E-state index contributed by atoms with van der Waals surface area (Å²) in [4.78, 5) is 0. The van der Waals surface area contributed by atoms with Crippen LogP contribution in [0.2, 0.25) is 0 Å². The monoisotopic (exact) mass is 221 g/mol. The SMILES string of the molecule is CN(C)S(=O)(=O)NCCC1CCCN1. The molecule has 0 radical (unpaired) electrons. The molecule has 1 unspecified atom stereocenters. The maximum absolute atomic E-state index is 11.3. The second-order valence-corrected chi connectivity index (χ2v) is 5.73. The van der Waals surface area contributed by atoms with Gasteiger partial charge in [0.15, 0.2) is 0 Å². The number of hydrogen-bond acceptors (Lipinski definition) is 3. The molecule has 0 amide bonds. The van der Waals surface area contributed by atoms with Crippen molar-refractivity contribution in [1.29, 1.82) is 0 Å². The summed E-state index contributed by atoms with van der Waals surface area (Å²) in [6.45, 7) is 1.57. The zero-order valence-corrected chi connectivity index (χ0v) is 9.60. The Morgan fingerprint density at radius 3 is 2.71 bits per heavy atom. The van der Waals surface area contributed by atoms with Crippen LogP contribution in [0.25, 0.3) is 0 Å². The van der Waals surface area contributed by atoms with Gasteiger partial charge in [-0.3, -0.25) is 0 Å². The summed E-state index contributed by atoms with van der Waals surface area (Å²) >= 11 is 0. The normalized spacial score (nSPS) is 23.2. The third-order valence-electron chi connectivity index (χ3n) is 2.42. The Hall–Kier alpha value is -0.170. The van der Waals surface area contributed by atoms with Crippen LogP contribution in [0.3, 0.4) is 0 Å². The average Bonchev–Trinajstić information content (AvgIpc) is 2.56. The third-order valence-corrected chi connectivity index (χ3v) is 3.95. The molecule has 2 N–H and O–H groups in total. The van der Waals surface area contributed by atoms with Crippen molar-refractivity contribution < 1.29 is 8.42 Å². The van der Waals surface area contributed by atoms with E-state index in [0.717, 1.165) is 19.4 Å². The second kappa shape index (κ2) is 5.06. The predicted octanol–water partition coefficient (Wildman–Crippen LogP) is -0.475. The van der Waals surface area contributed by atoms with Crippen LogP contribution >= 0.6 is 0 Å². The van der Waals surface area contributed by atoms with E-state index in [1.165, 1.54) is 24.8 Å². The van der Waals surface area contributed by atoms with Gasteiger partial charge in [0, 0.05) is 26.7 Å². The molecule has 1 fully saturated rings. The highest BCUT2D eigenvalue weighted by molar-refractivity contribution is 7.87. The Balaban J connectivity index is 2.20. The second-order valence-electron chi connectivity index (χ2n) is 3.76. The van der Waals surface area contributed by atoms with Gasteiger partial charge in [-0.05, 0) is 25.8 Å². The van der Waals surface area contributed by atoms with E-state index >= 15 is 0 Å². The molecular weight excluding hydrogens is 202 g/mol. The molecule has 0 saturated carbocycles. The quantitative estimate of drug-likeness (QED) is 0.659. The first kappa shape index (κ1) is 11.9. The molecule has 0 aromatic carbocycles. The van der Waals surface area contributed by atoms with Gasteiger partial charge in [0.05, 0.1) is 0 Å². The van der Waals surface area contributed by atoms with E-state index in [2.05, 4.69) is 10.0 Å². The topological polar surface area (TPSA) is 61.4 Å². The third kappa shape index (κ3) is 3.53. The highest BCUT2D eigenvalue weighted by atomic mass is 32.2. The van der Waals surface area contributed by atoms with Crippen LogP contribution in [0, 0.1) is 0 Å². The largest absolute Gasteiger partial charge is 0.314 e. The van der Waals surface area contributed by atoms with Gasteiger partial charge in [0.1, 0.15) is 0 Å². The maximum Gasteiger partial charge on any atom is 0.278 e. The Kier molecular flexibility index (Phi) is 4.31. The van der Waals surface area contributed by atoms with Gasteiger partial charge in [-0.15, -0.1) is 0 Å². The molecule has 0 aromatic rings. The van der Waals surface area contributed by atoms with E-state index in [1.54, 1.807) is 0 Å². The molecule has 1 atom stereocenters. The lowest BCUT2D eigenvalue weighted by Crippen LogP contribution is -2.38. The summed E-state index contributed by atoms with van der Waals surface area (Å²) in [6, 6.07) is 0.486. The summed E-state index contributed by atoms with van der Waals surface area (Å²) in [7, 11) is -0.186. The Morgan fingerprint density at radius 1 is 1.50 bits per heavy atom. The van der Waals surface area contributed by atoms with Crippen LogP contribution in [0.4, 0.5) is 0 Å². The maximum atomic E-state index is 11.3. The van der Waals surface area contributed by atoms with Gasteiger partial charge in [0.2, 0.25) is 0 Å². The molecule has 1 rings (SSSR count). The summed E-state index contributed by atoms with van der Waals surface area (Å²) in [5.41, 5.74) is 0. The van der Waals surface area contributed by atoms with E-state index < -0.39 is 10.2 Å². The first-order valence-corrected chi connectivity index (χ1v) is 6.37. The summed E-state index contributed by atoms with van der Waals surface area (Å²) < 4.78 is 26.3. The van der Waals surface area contributed by atoms with Crippen LogP contribution < -0.4 is 10.0 Å². The molecule has 0 aliphatic carbocycles. The van der Waals surface area contributed by atoms with E-state index in [4.69, 9.17) is 0 Å². The Bertz CT molecular complexity index is 258. The molecule has 1 heterocycles. The van der Waals surface area contributed by atoms with E-state index in [9.17, 15) is 8.42 Å². The lowest BCUT2D eigenvalue weighted by molar-refractivity contribution is 0.493. The molecule has 0 aromatic heterocycles. The van der Waals surface area contributed by atoms with Gasteiger partial charge >= 0.3 is 0 Å². The summed E-state index contributed by atoms with van der Waals surface area (Å²) in [5.74, 6) is 0. The fourth-order valence-electron chi connectivity index (χ4n) is 1.49. The molecule has 6 heteroatoms. The van der Waals surface area contributed by atoms with Crippen molar-refractivity contribution in [3.05, 3.63) is 0 Å². The zero-order chi connectivity index (χ0) is 10.6. The van der Waals surface area contributed by atoms with Crippen LogP contribution in [-0.2, 0) is 10.2 Å². The molecule has 1 saturated heterocycles. The van der Waals surface area contributed by atoms with Crippen molar-refractivity contribution in [2.45, 2.75) is 25.3 Å². The summed E-state index contributed by atoms with van der Waals surface area (Å²) in [6.07, 6.45) is 3.22. The van der Waals surface area contributed by atoms with Crippen LogP contribution in [-0.4, -0.2) is 45.9 Å². The van der Waals surface area contributed by atoms with Crippen molar-refractivity contribution in [1.82, 2.24) is 14.3 Å². The standard InChI is InChI=1S/C8H19N3O2S/c1-11(2)14(12,13)10-7-5-8-4-3-6-9-8/h8-10H,3-7H2,1-2H3. The molecular formula is C8H19N3O2S. The summed E-state index contributed by atoms with van der Waals surface area (Å²) in [5, 5.41) is 3.32. The van der Waals surface area contributed by atoms with Gasteiger partial charge in [-0.25, -0.2) is 4.72 Å². The fraction of sp³-hybridized carbons (Fsp3) is 1.00. The fourth-order valence-corrected chi connectivity index (χ4v) is 2.13. The van der Waals surface area contributed by atoms with Crippen molar-refractivity contribution in [2.24, 2.45) is 0 Å². The van der Waals surface area contributed by atoms with Crippen LogP contribution in [0.1, 0.15) is 19.3 Å². The number of nitrogens with zero attached hydrogens (tertiary/aromatic N) is 1. The predicted molar refractivity (Wildman–Crippen MR) is 56.3 cm³/mol. The first-order chi connectivity index (χ1) is 6.52. The molecule has 5 nitrogen and oxygen atoms in total. The van der Waals surface area contributed by atoms with Crippen molar-refractivity contribution >= 4 is 10.2 Å². The van der Waals surface area contributed by atoms with E-state index in [-0.39, 0.29) is 0 Å². The van der Waals surface area contributed by atoms with Gasteiger partial charge < -0.3 is 5.32 Å². The lowest BCUT2D eigenvalue weighted by Gasteiger charge is -2.14. The molecule has 0 spiro atoms. The average molecular weight is 221 g/mol. The Morgan fingerprint density at radius 2 is 2.21 bits per heavy atom. The smallest absolute Gasteiger partial charge is 0.278 e. The van der Waals surface area contributed by atoms with E-state index in [0.29, 0.717) is 12.6 Å². The molecule has 84 valence electrons. The number of hydrogen-bond donors (Lipinski definition) is 2. The van der Waals surface area contributed by atoms with Gasteiger partial charge in [0.25, 0.3) is 10.2 Å². The number of rotatable bonds is 5. The minimum absolute atomic E-state index is 0.486. The zero-order valence-electron chi connectivity index (χ0n) is 8.78. The van der Waals surface area contributed by atoms with Gasteiger partial charge in [-0.2, -0.15) is 12.7 Å². The minimum Gasteiger partial charge on any atom is -0.314 e. The Labute approximate surface area is 86.0 Å². The van der Waals surface area contributed by atoms with Crippen molar-refractivity contribution in [3.8, 4) is 0 Å². The number of nitrogens with one attached hydrogen (secondary N) is 2.